The molecule has 2 aromatic rings. The van der Waals surface area contributed by atoms with Crippen molar-refractivity contribution < 1.29 is 9.59 Å². The molecule has 196 valence electrons. The summed E-state index contributed by atoms with van der Waals surface area (Å²) in [6.45, 7) is 5.29. The van der Waals surface area contributed by atoms with Gasteiger partial charge in [0.15, 0.2) is 5.78 Å². The molecule has 2 unspecified atom stereocenters. The zero-order valence-corrected chi connectivity index (χ0v) is 23.8. The minimum atomic E-state index is -2.03. The number of allylic oxidation sites excluding steroid dienone is 1. The summed E-state index contributed by atoms with van der Waals surface area (Å²) in [5, 5.41) is 6.48. The number of Topliss-reactive ketones (excluding diaryl/α,β-unsaturated/α-hetero) is 1. The molecule has 0 aliphatic heterocycles. The molecule has 2 bridgehead atoms. The molecular weight excluding hydrogens is 526 g/mol. The number of rotatable bonds is 7. The first-order valence-electron chi connectivity index (χ1n) is 13.0. The number of hydrogen-bond acceptors (Lipinski definition) is 3. The summed E-state index contributed by atoms with van der Waals surface area (Å²) in [4.78, 5) is 26.8. The average molecular weight is 560 g/mol. The lowest BCUT2D eigenvalue weighted by molar-refractivity contribution is -0.123. The Balaban J connectivity index is 1.70. The molecule has 0 saturated heterocycles. The quantitative estimate of drug-likeness (QED) is 0.159. The van der Waals surface area contributed by atoms with Crippen LogP contribution in [-0.2, 0) is 9.59 Å². The number of fused-ring (bicyclic) bond motifs is 2. The lowest BCUT2D eigenvalue weighted by Crippen LogP contribution is -2.57. The number of hydrogen-bond donors (Lipinski definition) is 2. The van der Waals surface area contributed by atoms with Crippen molar-refractivity contribution in [3.8, 4) is 0 Å². The zero-order valence-electron chi connectivity index (χ0n) is 21.6. The largest absolute Gasteiger partial charge is 0.419 e. The van der Waals surface area contributed by atoms with E-state index < -0.39 is 27.9 Å². The number of carbonyl (C=O) groups is 2. The van der Waals surface area contributed by atoms with E-state index in [1.807, 2.05) is 60.7 Å². The summed E-state index contributed by atoms with van der Waals surface area (Å²) >= 11 is 19.4. The highest BCUT2D eigenvalue weighted by Crippen LogP contribution is 2.46. The van der Waals surface area contributed by atoms with Crippen molar-refractivity contribution in [1.82, 2.24) is 10.5 Å². The van der Waals surface area contributed by atoms with Crippen molar-refractivity contribution in [3.63, 3.8) is 0 Å². The number of ketones is 1. The van der Waals surface area contributed by atoms with Gasteiger partial charge in [0.25, 0.3) is 5.91 Å². The van der Waals surface area contributed by atoms with E-state index in [1.54, 1.807) is 0 Å². The van der Waals surface area contributed by atoms with Gasteiger partial charge in [-0.3, -0.25) is 9.59 Å². The first kappa shape index (κ1) is 28.1. The Bertz CT molecular complexity index is 1090. The van der Waals surface area contributed by atoms with Crippen molar-refractivity contribution in [3.05, 3.63) is 71.9 Å². The lowest BCUT2D eigenvalue weighted by atomic mass is 9.50. The van der Waals surface area contributed by atoms with E-state index in [9.17, 15) is 9.59 Å². The van der Waals surface area contributed by atoms with Crippen LogP contribution in [0.1, 0.15) is 52.9 Å². The van der Waals surface area contributed by atoms with Crippen LogP contribution in [0.25, 0.3) is 0 Å². The first-order valence-corrected chi connectivity index (χ1v) is 14.1. The highest BCUT2D eigenvalue weighted by molar-refractivity contribution is 6.84. The van der Waals surface area contributed by atoms with E-state index in [4.69, 9.17) is 34.8 Å². The van der Waals surface area contributed by atoms with Gasteiger partial charge in [0.2, 0.25) is 3.79 Å². The highest BCUT2D eigenvalue weighted by Gasteiger charge is 2.43. The second-order valence-electron chi connectivity index (χ2n) is 11.2. The molecule has 0 heterocycles. The van der Waals surface area contributed by atoms with E-state index in [-0.39, 0.29) is 11.3 Å². The van der Waals surface area contributed by atoms with E-state index in [0.717, 1.165) is 23.8 Å². The van der Waals surface area contributed by atoms with Crippen molar-refractivity contribution in [2.24, 2.45) is 17.8 Å². The molecule has 4 rings (SSSR count). The monoisotopic (exact) mass is 558 g/mol. The number of nitrogens with one attached hydrogen (secondary N) is 2. The van der Waals surface area contributed by atoms with Crippen LogP contribution in [0.15, 0.2) is 71.9 Å². The summed E-state index contributed by atoms with van der Waals surface area (Å²) in [6.07, 6.45) is 5.33. The zero-order chi connectivity index (χ0) is 26.8. The summed E-state index contributed by atoms with van der Waals surface area (Å²) < 4.78 is -2.03. The first-order chi connectivity index (χ1) is 17.4. The normalized spacial score (nSPS) is 26.1. The predicted molar refractivity (Wildman–Crippen MR) is 155 cm³/mol. The van der Waals surface area contributed by atoms with Crippen LogP contribution in [-0.4, -0.2) is 27.9 Å². The van der Waals surface area contributed by atoms with Gasteiger partial charge in [-0.15, -0.1) is 0 Å². The van der Waals surface area contributed by atoms with Crippen molar-refractivity contribution in [2.75, 3.05) is 0 Å². The van der Waals surface area contributed by atoms with Gasteiger partial charge in [-0.1, -0.05) is 113 Å². The Hall–Kier alpha value is -1.95. The lowest BCUT2D eigenvalue weighted by Gasteiger charge is -2.47. The Morgan fingerprint density at radius 1 is 0.892 bits per heavy atom. The van der Waals surface area contributed by atoms with Crippen LogP contribution in [0.3, 0.4) is 0 Å². The van der Waals surface area contributed by atoms with Crippen molar-refractivity contribution in [2.45, 2.75) is 62.2 Å². The molecule has 8 heteroatoms. The van der Waals surface area contributed by atoms with Gasteiger partial charge in [-0.25, -0.2) is 0 Å². The standard InChI is InChI=1S/C29H34BCl3N2O2/c1-19-14-21-16-22(15-19)18-28(3,17-21)34-27(37)25(20(2)36)26(29(31,32)33)35-30(23-10-6-4-7-11-23)24-12-8-5-9-13-24/h4-13,19,21-22,35H,14-18H2,1-3H3,(H,34,37)/b26-25-. The molecule has 2 atom stereocenters. The average Bonchev–Trinajstić information content (AvgIpc) is 2.80. The molecule has 1 amide bonds. The summed E-state index contributed by atoms with van der Waals surface area (Å²) in [6, 6.07) is 19.4. The smallest absolute Gasteiger partial charge is 0.320 e. The maximum absolute atomic E-state index is 13.8. The van der Waals surface area contributed by atoms with Gasteiger partial charge in [-0.05, 0) is 63.7 Å². The van der Waals surface area contributed by atoms with Gasteiger partial charge >= 0.3 is 6.85 Å². The van der Waals surface area contributed by atoms with Gasteiger partial charge in [0, 0.05) is 5.54 Å². The molecule has 0 aromatic heterocycles. The second kappa shape index (κ2) is 11.4. The molecule has 2 aliphatic rings. The minimum absolute atomic E-state index is 0.0200. The molecular formula is C29H34BCl3N2O2. The summed E-state index contributed by atoms with van der Waals surface area (Å²) in [5.74, 6) is 0.897. The van der Waals surface area contributed by atoms with Gasteiger partial charge in [0.1, 0.15) is 5.57 Å². The predicted octanol–water partition coefficient (Wildman–Crippen LogP) is 5.32. The van der Waals surface area contributed by atoms with Crippen LogP contribution in [0.4, 0.5) is 0 Å². The molecule has 2 aliphatic carbocycles. The molecule has 2 saturated carbocycles. The minimum Gasteiger partial charge on any atom is -0.419 e. The number of amides is 1. The fourth-order valence-corrected chi connectivity index (χ4v) is 7.01. The molecule has 37 heavy (non-hydrogen) atoms. The van der Waals surface area contributed by atoms with Crippen molar-refractivity contribution >= 4 is 64.3 Å². The molecule has 2 N–H and O–H groups in total. The number of carbonyl (C=O) groups excluding carboxylic acids is 2. The van der Waals surface area contributed by atoms with Crippen LogP contribution >= 0.6 is 34.8 Å². The third kappa shape index (κ3) is 6.93. The van der Waals surface area contributed by atoms with Crippen LogP contribution in [0.2, 0.25) is 0 Å². The van der Waals surface area contributed by atoms with Crippen molar-refractivity contribution in [1.29, 1.82) is 0 Å². The van der Waals surface area contributed by atoms with Gasteiger partial charge in [-0.2, -0.15) is 0 Å². The number of halogens is 3. The topological polar surface area (TPSA) is 58.2 Å². The fraction of sp³-hybridized carbons (Fsp3) is 0.448. The second-order valence-corrected chi connectivity index (χ2v) is 13.5. The van der Waals surface area contributed by atoms with Crippen LogP contribution < -0.4 is 21.5 Å². The van der Waals surface area contributed by atoms with Gasteiger partial charge < -0.3 is 10.5 Å². The van der Waals surface area contributed by atoms with E-state index >= 15 is 0 Å². The summed E-state index contributed by atoms with van der Waals surface area (Å²) in [5.41, 5.74) is 1.23. The Kier molecular flexibility index (Phi) is 8.67. The third-order valence-electron chi connectivity index (χ3n) is 7.70. The van der Waals surface area contributed by atoms with Gasteiger partial charge in [0.05, 0.1) is 5.70 Å². The van der Waals surface area contributed by atoms with Crippen LogP contribution in [0.5, 0.6) is 0 Å². The Morgan fingerprint density at radius 2 is 1.38 bits per heavy atom. The maximum atomic E-state index is 13.8. The Labute approximate surface area is 235 Å². The molecule has 0 spiro atoms. The molecule has 2 fully saturated rings. The molecule has 4 nitrogen and oxygen atoms in total. The van der Waals surface area contributed by atoms with Crippen LogP contribution in [0, 0.1) is 17.8 Å². The van der Waals surface area contributed by atoms with E-state index in [2.05, 4.69) is 24.4 Å². The molecule has 0 radical (unpaired) electrons. The third-order valence-corrected chi connectivity index (χ3v) is 8.27. The highest BCUT2D eigenvalue weighted by atomic mass is 35.6. The molecule has 2 aromatic carbocycles. The SMILES string of the molecule is CC(=O)/C(C(=O)NC1(C)CC2CC(C)CC(C2)C1)=C(/NB(c1ccccc1)c1ccccc1)C(Cl)(Cl)Cl. The van der Waals surface area contributed by atoms with E-state index in [0.29, 0.717) is 17.8 Å². The fourth-order valence-electron chi connectivity index (χ4n) is 6.57. The number of alkyl halides is 3. The number of benzene rings is 2. The summed E-state index contributed by atoms with van der Waals surface area (Å²) in [7, 11) is 0. The Morgan fingerprint density at radius 3 is 1.81 bits per heavy atom. The maximum Gasteiger partial charge on any atom is 0.320 e. The van der Waals surface area contributed by atoms with E-state index in [1.165, 1.54) is 26.2 Å².